The van der Waals surface area contributed by atoms with Crippen LogP contribution in [0, 0.1) is 13.8 Å². The molecule has 7 heteroatoms. The molecule has 0 spiro atoms. The predicted octanol–water partition coefficient (Wildman–Crippen LogP) is 2.97. The molecule has 1 aromatic rings. The summed E-state index contributed by atoms with van der Waals surface area (Å²) in [7, 11) is 0. The van der Waals surface area contributed by atoms with Gasteiger partial charge in [0, 0.05) is 17.3 Å². The summed E-state index contributed by atoms with van der Waals surface area (Å²) >= 11 is 1.34. The number of hydrogen-bond acceptors (Lipinski definition) is 4. The van der Waals surface area contributed by atoms with Crippen molar-refractivity contribution in [3.63, 3.8) is 0 Å². The summed E-state index contributed by atoms with van der Waals surface area (Å²) in [4.78, 5) is 39.3. The van der Waals surface area contributed by atoms with E-state index < -0.39 is 5.91 Å². The van der Waals surface area contributed by atoms with E-state index in [4.69, 9.17) is 5.73 Å². The lowest BCUT2D eigenvalue weighted by molar-refractivity contribution is -0.137. The molecule has 3 N–H and O–H groups in total. The van der Waals surface area contributed by atoms with E-state index in [0.717, 1.165) is 42.5 Å². The van der Waals surface area contributed by atoms with Crippen LogP contribution >= 0.6 is 11.3 Å². The minimum atomic E-state index is -0.549. The van der Waals surface area contributed by atoms with Gasteiger partial charge in [0.25, 0.3) is 5.91 Å². The van der Waals surface area contributed by atoms with Gasteiger partial charge in [0.15, 0.2) is 0 Å². The highest BCUT2D eigenvalue weighted by Crippen LogP contribution is 2.32. The largest absolute Gasteiger partial charge is 0.365 e. The van der Waals surface area contributed by atoms with Gasteiger partial charge in [0.05, 0.1) is 5.56 Å². The van der Waals surface area contributed by atoms with Crippen LogP contribution in [0.4, 0.5) is 5.00 Å². The van der Waals surface area contributed by atoms with Gasteiger partial charge in [-0.1, -0.05) is 19.8 Å². The number of nitrogens with two attached hydrogens (primary N) is 1. The van der Waals surface area contributed by atoms with E-state index >= 15 is 0 Å². The molecule has 1 aromatic heterocycles. The lowest BCUT2D eigenvalue weighted by Crippen LogP contribution is -2.43. The number of carbonyl (C=O) groups is 3. The number of nitrogens with zero attached hydrogens (tertiary/aromatic N) is 1. The van der Waals surface area contributed by atoms with Crippen LogP contribution in [-0.4, -0.2) is 35.2 Å². The van der Waals surface area contributed by atoms with Gasteiger partial charge >= 0.3 is 0 Å². The van der Waals surface area contributed by atoms with E-state index in [1.54, 1.807) is 4.90 Å². The van der Waals surface area contributed by atoms with Crippen LogP contribution in [-0.2, 0) is 9.59 Å². The smallest absolute Gasteiger partial charge is 0.251 e. The Morgan fingerprint density at radius 2 is 1.88 bits per heavy atom. The highest BCUT2D eigenvalue weighted by atomic mass is 32.1. The second-order valence-electron chi connectivity index (χ2n) is 6.61. The van der Waals surface area contributed by atoms with Crippen molar-refractivity contribution in [2.24, 2.45) is 5.73 Å². The standard InChI is InChI=1S/C18H27N3O3S/c1-4-7-15(23)21(13-8-5-6-9-13)10-14(22)20-18-16(17(19)24)11(2)12(3)25-18/h13H,4-10H2,1-3H3,(H2,19,24)(H,20,22). The summed E-state index contributed by atoms with van der Waals surface area (Å²) in [6.45, 7) is 5.69. The zero-order valence-electron chi connectivity index (χ0n) is 15.2. The Kier molecular flexibility index (Phi) is 6.58. The molecule has 1 aliphatic carbocycles. The number of carbonyl (C=O) groups excluding carboxylic acids is 3. The average Bonchev–Trinajstić information content (AvgIpc) is 3.14. The fourth-order valence-corrected chi connectivity index (χ4v) is 4.41. The second kappa shape index (κ2) is 8.47. The molecule has 0 aliphatic heterocycles. The number of aryl methyl sites for hydroxylation is 1. The third kappa shape index (κ3) is 4.60. The highest BCUT2D eigenvalue weighted by molar-refractivity contribution is 7.16. The number of amides is 3. The molecule has 0 radical (unpaired) electrons. The minimum absolute atomic E-state index is 0.0255. The van der Waals surface area contributed by atoms with Crippen molar-refractivity contribution in [2.45, 2.75) is 65.3 Å². The summed E-state index contributed by atoms with van der Waals surface area (Å²) in [5.74, 6) is -0.801. The summed E-state index contributed by atoms with van der Waals surface area (Å²) in [6, 6.07) is 0.146. The van der Waals surface area contributed by atoms with E-state index in [0.29, 0.717) is 17.0 Å². The maximum atomic E-state index is 12.5. The molecule has 1 heterocycles. The molecular weight excluding hydrogens is 338 g/mol. The number of nitrogens with one attached hydrogen (secondary N) is 1. The summed E-state index contributed by atoms with van der Waals surface area (Å²) in [5, 5.41) is 3.26. The zero-order chi connectivity index (χ0) is 18.6. The first-order valence-corrected chi connectivity index (χ1v) is 9.65. The van der Waals surface area contributed by atoms with Gasteiger partial charge in [-0.3, -0.25) is 14.4 Å². The number of anilines is 1. The Morgan fingerprint density at radius 3 is 2.44 bits per heavy atom. The molecule has 3 amide bonds. The third-order valence-corrected chi connectivity index (χ3v) is 5.87. The first-order valence-electron chi connectivity index (χ1n) is 8.84. The van der Waals surface area contributed by atoms with Gasteiger partial charge in [0.1, 0.15) is 11.5 Å². The SMILES string of the molecule is CCCC(=O)N(CC(=O)Nc1sc(C)c(C)c1C(N)=O)C1CCCC1. The maximum absolute atomic E-state index is 12.5. The van der Waals surface area contributed by atoms with Crippen molar-refractivity contribution >= 4 is 34.1 Å². The minimum Gasteiger partial charge on any atom is -0.365 e. The zero-order valence-corrected chi connectivity index (χ0v) is 16.0. The van der Waals surface area contributed by atoms with E-state index in [1.165, 1.54) is 11.3 Å². The normalized spacial score (nSPS) is 14.5. The predicted molar refractivity (Wildman–Crippen MR) is 99.8 cm³/mol. The molecule has 25 heavy (non-hydrogen) atoms. The van der Waals surface area contributed by atoms with Crippen molar-refractivity contribution in [1.29, 1.82) is 0 Å². The molecule has 0 bridgehead atoms. The molecule has 1 aliphatic rings. The fourth-order valence-electron chi connectivity index (χ4n) is 3.33. The Bertz CT molecular complexity index is 663. The van der Waals surface area contributed by atoms with Crippen LogP contribution in [0.1, 0.15) is 66.2 Å². The molecule has 0 atom stereocenters. The lowest BCUT2D eigenvalue weighted by Gasteiger charge is -2.28. The van der Waals surface area contributed by atoms with E-state index in [2.05, 4.69) is 5.32 Å². The monoisotopic (exact) mass is 365 g/mol. The number of thiophene rings is 1. The lowest BCUT2D eigenvalue weighted by atomic mass is 10.1. The van der Waals surface area contributed by atoms with Gasteiger partial charge in [-0.25, -0.2) is 0 Å². The first kappa shape index (κ1) is 19.4. The molecule has 1 saturated carbocycles. The Labute approximate surface area is 152 Å². The van der Waals surface area contributed by atoms with Crippen LogP contribution < -0.4 is 11.1 Å². The van der Waals surface area contributed by atoms with E-state index in [9.17, 15) is 14.4 Å². The van der Waals surface area contributed by atoms with Crippen molar-refractivity contribution < 1.29 is 14.4 Å². The molecule has 138 valence electrons. The molecule has 6 nitrogen and oxygen atoms in total. The Morgan fingerprint density at radius 1 is 1.24 bits per heavy atom. The average molecular weight is 365 g/mol. The van der Waals surface area contributed by atoms with Gasteiger partial charge in [-0.05, 0) is 38.7 Å². The molecule has 2 rings (SSSR count). The molecule has 0 unspecified atom stereocenters. The van der Waals surface area contributed by atoms with Crippen molar-refractivity contribution in [3.8, 4) is 0 Å². The summed E-state index contributed by atoms with van der Waals surface area (Å²) in [6.07, 6.45) is 5.31. The van der Waals surface area contributed by atoms with Crippen molar-refractivity contribution in [2.75, 3.05) is 11.9 Å². The first-order chi connectivity index (χ1) is 11.8. The quantitative estimate of drug-likeness (QED) is 0.778. The number of hydrogen-bond donors (Lipinski definition) is 2. The second-order valence-corrected chi connectivity index (χ2v) is 7.83. The molecule has 0 saturated heterocycles. The molecule has 1 fully saturated rings. The van der Waals surface area contributed by atoms with Crippen LogP contribution in [0.3, 0.4) is 0 Å². The van der Waals surface area contributed by atoms with Crippen LogP contribution in [0.5, 0.6) is 0 Å². The van der Waals surface area contributed by atoms with Crippen molar-refractivity contribution in [3.05, 3.63) is 16.0 Å². The topological polar surface area (TPSA) is 92.5 Å². The van der Waals surface area contributed by atoms with Gasteiger partial charge in [-0.15, -0.1) is 11.3 Å². The Balaban J connectivity index is 2.12. The van der Waals surface area contributed by atoms with Crippen molar-refractivity contribution in [1.82, 2.24) is 4.90 Å². The fraction of sp³-hybridized carbons (Fsp3) is 0.611. The van der Waals surface area contributed by atoms with Crippen LogP contribution in [0.15, 0.2) is 0 Å². The number of primary amides is 1. The van der Waals surface area contributed by atoms with Gasteiger partial charge in [0.2, 0.25) is 11.8 Å². The highest BCUT2D eigenvalue weighted by Gasteiger charge is 2.28. The van der Waals surface area contributed by atoms with Crippen LogP contribution in [0.2, 0.25) is 0 Å². The molecule has 0 aromatic carbocycles. The maximum Gasteiger partial charge on any atom is 0.251 e. The van der Waals surface area contributed by atoms with E-state index in [1.807, 2.05) is 20.8 Å². The summed E-state index contributed by atoms with van der Waals surface area (Å²) in [5.41, 5.74) is 6.60. The summed E-state index contributed by atoms with van der Waals surface area (Å²) < 4.78 is 0. The van der Waals surface area contributed by atoms with E-state index in [-0.39, 0.29) is 24.4 Å². The Hall–Kier alpha value is -1.89. The number of rotatable bonds is 7. The van der Waals surface area contributed by atoms with Gasteiger partial charge in [-0.2, -0.15) is 0 Å². The third-order valence-electron chi connectivity index (χ3n) is 4.75. The molecular formula is C18H27N3O3S. The van der Waals surface area contributed by atoms with Gasteiger partial charge < -0.3 is 16.0 Å². The van der Waals surface area contributed by atoms with Crippen LogP contribution in [0.25, 0.3) is 0 Å².